The van der Waals surface area contributed by atoms with Crippen LogP contribution in [0.3, 0.4) is 0 Å². The van der Waals surface area contributed by atoms with Crippen molar-refractivity contribution in [1.82, 2.24) is 4.98 Å². The summed E-state index contributed by atoms with van der Waals surface area (Å²) in [6, 6.07) is 4.24. The van der Waals surface area contributed by atoms with E-state index in [1.807, 2.05) is 0 Å². The molecule has 136 valence electrons. The molecule has 0 atom stereocenters. The minimum absolute atomic E-state index is 0.0217. The average Bonchev–Trinajstić information content (AvgIpc) is 2.88. The first-order chi connectivity index (χ1) is 12.3. The normalized spacial score (nSPS) is 10.9. The lowest BCUT2D eigenvalue weighted by molar-refractivity contribution is -0.384. The quantitative estimate of drug-likeness (QED) is 0.267. The Hall–Kier alpha value is -2.93. The van der Waals surface area contributed by atoms with E-state index in [1.165, 1.54) is 24.3 Å². The molecule has 0 spiro atoms. The number of nitrogens with zero attached hydrogens (tertiary/aromatic N) is 1. The number of rotatable bonds is 6. The molecule has 2 rings (SSSR count). The summed E-state index contributed by atoms with van der Waals surface area (Å²) in [5.74, 6) is -0.853. The molecule has 26 heavy (non-hydrogen) atoms. The number of H-pyrrole nitrogens is 1. The van der Waals surface area contributed by atoms with Crippen molar-refractivity contribution in [3.63, 3.8) is 0 Å². The van der Waals surface area contributed by atoms with Crippen LogP contribution in [0, 0.1) is 24.0 Å². The summed E-state index contributed by atoms with van der Waals surface area (Å²) >= 11 is 5.76. The number of allylic oxidation sites excluding steroid dienone is 1. The fourth-order valence-corrected chi connectivity index (χ4v) is 2.72. The van der Waals surface area contributed by atoms with Gasteiger partial charge in [-0.25, -0.2) is 4.79 Å². The van der Waals surface area contributed by atoms with Crippen LogP contribution in [0.25, 0.3) is 6.08 Å². The third-order valence-electron chi connectivity index (χ3n) is 3.76. The molecular formula is C18H17ClN2O5. The SMILES string of the molecule is CCOC(=O)c1c(C)[nH]c(C(=O)/C=C/c2ccc(Cl)c([N+](=O)[O-])c2)c1C. The van der Waals surface area contributed by atoms with Crippen molar-refractivity contribution in [1.29, 1.82) is 0 Å². The molecule has 0 fully saturated rings. The Labute approximate surface area is 154 Å². The van der Waals surface area contributed by atoms with Gasteiger partial charge in [0.15, 0.2) is 0 Å². The lowest BCUT2D eigenvalue weighted by Crippen LogP contribution is -2.07. The van der Waals surface area contributed by atoms with Crippen molar-refractivity contribution in [2.24, 2.45) is 0 Å². The van der Waals surface area contributed by atoms with Crippen molar-refractivity contribution in [3.8, 4) is 0 Å². The van der Waals surface area contributed by atoms with Crippen LogP contribution in [-0.4, -0.2) is 28.3 Å². The van der Waals surface area contributed by atoms with Crippen LogP contribution in [0.15, 0.2) is 24.3 Å². The van der Waals surface area contributed by atoms with Crippen LogP contribution in [-0.2, 0) is 4.74 Å². The number of nitro benzene ring substituents is 1. The number of aryl methyl sites for hydroxylation is 1. The molecule has 1 N–H and O–H groups in total. The number of hydrogen-bond donors (Lipinski definition) is 1. The number of ether oxygens (including phenoxy) is 1. The molecule has 0 bridgehead atoms. The number of ketones is 1. The highest BCUT2D eigenvalue weighted by molar-refractivity contribution is 6.32. The highest BCUT2D eigenvalue weighted by Gasteiger charge is 2.21. The predicted molar refractivity (Wildman–Crippen MR) is 97.7 cm³/mol. The standard InChI is InChI=1S/C18H17ClN2O5/c1-4-26-18(23)16-10(2)17(20-11(16)3)15(22)8-6-12-5-7-13(19)14(9-12)21(24)25/h5-9,20H,4H2,1-3H3/b8-6+. The fourth-order valence-electron chi connectivity index (χ4n) is 2.53. The van der Waals surface area contributed by atoms with Crippen LogP contribution in [0.1, 0.15) is 44.6 Å². The van der Waals surface area contributed by atoms with Crippen LogP contribution < -0.4 is 0 Å². The van der Waals surface area contributed by atoms with Gasteiger partial charge in [-0.05, 0) is 44.0 Å². The van der Waals surface area contributed by atoms with E-state index in [2.05, 4.69) is 4.98 Å². The van der Waals surface area contributed by atoms with Gasteiger partial charge in [0.2, 0.25) is 5.78 Å². The molecule has 1 aromatic heterocycles. The van der Waals surface area contributed by atoms with E-state index in [-0.39, 0.29) is 28.8 Å². The predicted octanol–water partition coefficient (Wildman–Crippen LogP) is 4.27. The second-order valence-electron chi connectivity index (χ2n) is 5.51. The Kier molecular flexibility index (Phi) is 5.94. The van der Waals surface area contributed by atoms with Crippen LogP contribution in [0.5, 0.6) is 0 Å². The number of halogens is 1. The summed E-state index contributed by atoms with van der Waals surface area (Å²) < 4.78 is 4.99. The molecule has 0 aliphatic heterocycles. The first-order valence-corrected chi connectivity index (χ1v) is 8.16. The highest BCUT2D eigenvalue weighted by atomic mass is 35.5. The Morgan fingerprint density at radius 3 is 2.65 bits per heavy atom. The summed E-state index contributed by atoms with van der Waals surface area (Å²) in [5.41, 5.74) is 1.87. The second-order valence-corrected chi connectivity index (χ2v) is 5.92. The molecule has 0 aliphatic rings. The zero-order chi connectivity index (χ0) is 19.4. The third-order valence-corrected chi connectivity index (χ3v) is 4.08. The van der Waals surface area contributed by atoms with Crippen molar-refractivity contribution in [2.45, 2.75) is 20.8 Å². The summed E-state index contributed by atoms with van der Waals surface area (Å²) in [7, 11) is 0. The summed E-state index contributed by atoms with van der Waals surface area (Å²) in [4.78, 5) is 37.6. The average molecular weight is 377 g/mol. The number of aromatic amines is 1. The molecule has 1 heterocycles. The maximum absolute atomic E-state index is 12.4. The zero-order valence-electron chi connectivity index (χ0n) is 14.5. The van der Waals surface area contributed by atoms with Crippen LogP contribution in [0.2, 0.25) is 5.02 Å². The first-order valence-electron chi connectivity index (χ1n) is 7.78. The maximum atomic E-state index is 12.4. The summed E-state index contributed by atoms with van der Waals surface area (Å²) in [6.45, 7) is 5.28. The second kappa shape index (κ2) is 7.97. The molecule has 8 heteroatoms. The minimum atomic E-state index is -0.592. The van der Waals surface area contributed by atoms with E-state index >= 15 is 0 Å². The number of benzene rings is 1. The van der Waals surface area contributed by atoms with Gasteiger partial charge in [-0.2, -0.15) is 0 Å². The Morgan fingerprint density at radius 2 is 2.04 bits per heavy atom. The number of carbonyl (C=O) groups is 2. The van der Waals surface area contributed by atoms with Gasteiger partial charge in [0, 0.05) is 11.8 Å². The molecule has 0 saturated carbocycles. The molecule has 7 nitrogen and oxygen atoms in total. The molecule has 2 aromatic rings. The van der Waals surface area contributed by atoms with E-state index in [1.54, 1.807) is 26.8 Å². The molecule has 1 aromatic carbocycles. The monoisotopic (exact) mass is 376 g/mol. The minimum Gasteiger partial charge on any atom is -0.462 e. The molecule has 0 radical (unpaired) electrons. The topological polar surface area (TPSA) is 102 Å². The summed E-state index contributed by atoms with van der Waals surface area (Å²) in [5, 5.41) is 10.9. The fraction of sp³-hybridized carbons (Fsp3) is 0.222. The number of nitro groups is 1. The number of aromatic nitrogens is 1. The van der Waals surface area contributed by atoms with Crippen molar-refractivity contribution < 1.29 is 19.2 Å². The van der Waals surface area contributed by atoms with E-state index < -0.39 is 10.9 Å². The van der Waals surface area contributed by atoms with Crippen LogP contribution >= 0.6 is 11.6 Å². The smallest absolute Gasteiger partial charge is 0.340 e. The van der Waals surface area contributed by atoms with Gasteiger partial charge in [-0.3, -0.25) is 14.9 Å². The first kappa shape index (κ1) is 19.4. The molecular weight excluding hydrogens is 360 g/mol. The number of carbonyl (C=O) groups excluding carboxylic acids is 2. The summed E-state index contributed by atoms with van der Waals surface area (Å²) in [6.07, 6.45) is 2.73. The zero-order valence-corrected chi connectivity index (χ0v) is 15.2. The highest BCUT2D eigenvalue weighted by Crippen LogP contribution is 2.26. The molecule has 0 amide bonds. The van der Waals surface area contributed by atoms with Gasteiger partial charge in [0.05, 0.1) is 22.8 Å². The van der Waals surface area contributed by atoms with E-state index in [4.69, 9.17) is 16.3 Å². The van der Waals surface area contributed by atoms with Crippen molar-refractivity contribution >= 4 is 35.1 Å². The van der Waals surface area contributed by atoms with Gasteiger partial charge in [-0.15, -0.1) is 0 Å². The largest absolute Gasteiger partial charge is 0.462 e. The molecule has 0 saturated heterocycles. The van der Waals surface area contributed by atoms with Crippen LogP contribution in [0.4, 0.5) is 5.69 Å². The Morgan fingerprint density at radius 1 is 1.35 bits per heavy atom. The van der Waals surface area contributed by atoms with E-state index in [0.29, 0.717) is 22.4 Å². The van der Waals surface area contributed by atoms with Crippen molar-refractivity contribution in [3.05, 3.63) is 67.5 Å². The molecule has 0 aliphatic carbocycles. The van der Waals surface area contributed by atoms with Gasteiger partial charge in [0.25, 0.3) is 5.69 Å². The van der Waals surface area contributed by atoms with Gasteiger partial charge in [-0.1, -0.05) is 23.7 Å². The number of esters is 1. The van der Waals surface area contributed by atoms with E-state index in [9.17, 15) is 19.7 Å². The third kappa shape index (κ3) is 4.00. The Bertz CT molecular complexity index is 915. The maximum Gasteiger partial charge on any atom is 0.340 e. The van der Waals surface area contributed by atoms with E-state index in [0.717, 1.165) is 0 Å². The number of nitrogens with one attached hydrogen (secondary N) is 1. The van der Waals surface area contributed by atoms with Gasteiger partial charge >= 0.3 is 5.97 Å². The lowest BCUT2D eigenvalue weighted by atomic mass is 10.1. The van der Waals surface area contributed by atoms with Gasteiger partial charge in [0.1, 0.15) is 5.02 Å². The lowest BCUT2D eigenvalue weighted by Gasteiger charge is -2.02. The van der Waals surface area contributed by atoms with Gasteiger partial charge < -0.3 is 9.72 Å². The van der Waals surface area contributed by atoms with Crippen molar-refractivity contribution in [2.75, 3.05) is 6.61 Å². The molecule has 0 unspecified atom stereocenters. The Balaban J connectivity index is 2.30. The number of hydrogen-bond acceptors (Lipinski definition) is 5.